The molecular formula is BrClFIN4O2. The van der Waals surface area contributed by atoms with Crippen molar-refractivity contribution in [3.63, 3.8) is 0 Å². The van der Waals surface area contributed by atoms with Crippen molar-refractivity contribution >= 4 is 36.4 Å². The first-order valence-electron chi connectivity index (χ1n) is 1.53. The van der Waals surface area contributed by atoms with Crippen LogP contribution in [-0.2, 0) is 0 Å². The second kappa shape index (κ2) is 2.64. The van der Waals surface area contributed by atoms with Gasteiger partial charge in [0.2, 0.25) is 0 Å². The van der Waals surface area contributed by atoms with Crippen LogP contribution in [0.1, 0.15) is 0 Å². The van der Waals surface area contributed by atoms with E-state index in [1.54, 1.807) is 0 Å². The molecule has 0 unspecified atom stereocenters. The third-order valence-electron chi connectivity index (χ3n) is 0.372. The number of nitro groups is 1. The number of rotatable bonds is 2. The Bertz CT molecular complexity index is 209. The Hall–Kier alpha value is 0.140. The van der Waals surface area contributed by atoms with Crippen molar-refractivity contribution in [1.82, 2.24) is 0 Å². The van der Waals surface area contributed by atoms with Gasteiger partial charge in [0.25, 0.3) is 0 Å². The van der Waals surface area contributed by atoms with Crippen LogP contribution in [0.5, 0.6) is 0 Å². The van der Waals surface area contributed by atoms with Crippen LogP contribution in [0, 0.1) is 10.1 Å². The molecule has 10 heteroatoms. The Labute approximate surface area is 66.1 Å². The maximum atomic E-state index is 12.6. The van der Waals surface area contributed by atoms with Gasteiger partial charge in [-0.3, -0.25) is 0 Å². The minimum absolute atomic E-state index is 1.42. The SMILES string of the molecule is [N-]=[N+]=NI(F)(Cl)(Br)[N+](=O)[O-]. The van der Waals surface area contributed by atoms with Gasteiger partial charge < -0.3 is 0 Å². The summed E-state index contributed by atoms with van der Waals surface area (Å²) in [4.78, 5) is 11.7. The average molecular weight is 349 g/mol. The van der Waals surface area contributed by atoms with Crippen molar-refractivity contribution in [2.24, 2.45) is 3.33 Å². The van der Waals surface area contributed by atoms with E-state index < -0.39 is 18.0 Å². The number of azide groups is 1. The molecule has 0 saturated heterocycles. The van der Waals surface area contributed by atoms with Gasteiger partial charge in [0.1, 0.15) is 0 Å². The molecule has 0 N–H and O–H groups in total. The second-order valence-corrected chi connectivity index (χ2v) is 18.6. The molecular weight excluding hydrogens is 349 g/mol. The molecule has 0 aromatic heterocycles. The van der Waals surface area contributed by atoms with Gasteiger partial charge in [0.15, 0.2) is 0 Å². The van der Waals surface area contributed by atoms with Gasteiger partial charge in [0, 0.05) is 0 Å². The first kappa shape index (κ1) is 10.1. The molecule has 0 bridgehead atoms. The molecule has 60 valence electrons. The molecule has 0 amide bonds. The van der Waals surface area contributed by atoms with E-state index in [4.69, 9.17) is 14.4 Å². The van der Waals surface area contributed by atoms with Crippen LogP contribution in [0.15, 0.2) is 3.33 Å². The molecule has 0 radical (unpaired) electrons. The first-order valence-corrected chi connectivity index (χ1v) is 11.8. The van der Waals surface area contributed by atoms with E-state index in [0.29, 0.717) is 0 Å². The molecule has 0 aliphatic carbocycles. The van der Waals surface area contributed by atoms with E-state index in [0.717, 1.165) is 0 Å². The van der Waals surface area contributed by atoms with E-state index >= 15 is 0 Å². The van der Waals surface area contributed by atoms with E-state index in [9.17, 15) is 13.0 Å². The van der Waals surface area contributed by atoms with Crippen LogP contribution in [0.3, 0.4) is 0 Å². The topological polar surface area (TPSA) is 91.9 Å². The Morgan fingerprint density at radius 3 is 2.50 bits per heavy atom. The third-order valence-corrected chi connectivity index (χ3v) is 5.85. The molecule has 0 spiro atoms. The van der Waals surface area contributed by atoms with Crippen molar-refractivity contribution in [2.45, 2.75) is 0 Å². The van der Waals surface area contributed by atoms with E-state index in [-0.39, 0.29) is 0 Å². The van der Waals surface area contributed by atoms with Gasteiger partial charge >= 0.3 is 66.3 Å². The predicted octanol–water partition coefficient (Wildman–Crippen LogP) is 3.33. The van der Waals surface area contributed by atoms with Crippen molar-refractivity contribution < 1.29 is 6.00 Å². The van der Waals surface area contributed by atoms with Crippen LogP contribution >= 0.6 is 36.4 Å². The van der Waals surface area contributed by atoms with Crippen LogP contribution < -0.4 is 0 Å². The summed E-state index contributed by atoms with van der Waals surface area (Å²) >= 11 is -4.13. The van der Waals surface area contributed by atoms with Crippen LogP contribution in [-0.4, -0.2) is 3.14 Å². The van der Waals surface area contributed by atoms with Crippen molar-refractivity contribution in [3.05, 3.63) is 20.6 Å². The fourth-order valence-electron chi connectivity index (χ4n) is 0.0811. The summed E-state index contributed by atoms with van der Waals surface area (Å²) < 4.78 is 13.5. The monoisotopic (exact) mass is 348 g/mol. The van der Waals surface area contributed by atoms with Gasteiger partial charge in [-0.05, 0) is 0 Å². The van der Waals surface area contributed by atoms with Crippen LogP contribution in [0.4, 0.5) is 2.86 Å². The molecule has 0 atom stereocenters. The molecule has 0 fully saturated rings. The standard InChI is InChI=1S/BrClFIN4O2/c1-4(2,3,6-7-5)8(9)10. The van der Waals surface area contributed by atoms with Gasteiger partial charge in [0.05, 0.1) is 0 Å². The summed E-state index contributed by atoms with van der Waals surface area (Å²) in [6, 6.07) is 0. The van der Waals surface area contributed by atoms with Gasteiger partial charge in [-0.2, -0.15) is 0 Å². The number of halogens is 4. The number of hydrogen-bond acceptors (Lipinski definition) is 3. The molecule has 0 rings (SSSR count). The zero-order valence-electron chi connectivity index (χ0n) is 4.12. The Morgan fingerprint density at radius 1 is 2.00 bits per heavy atom. The molecule has 0 aliphatic rings. The summed E-state index contributed by atoms with van der Waals surface area (Å²) in [5.74, 6) is 0. The Morgan fingerprint density at radius 2 is 2.40 bits per heavy atom. The van der Waals surface area contributed by atoms with E-state index in [1.165, 1.54) is 0 Å². The fourth-order valence-corrected chi connectivity index (χ4v) is 1.07. The summed E-state index contributed by atoms with van der Waals surface area (Å²) in [7, 11) is 4.74. The van der Waals surface area contributed by atoms with Crippen molar-refractivity contribution in [3.8, 4) is 0 Å². The zero-order chi connectivity index (χ0) is 8.44. The number of nitrogens with zero attached hydrogens (tertiary/aromatic N) is 4. The summed E-state index contributed by atoms with van der Waals surface area (Å²) in [6.45, 7) is 0. The molecule has 0 aromatic carbocycles. The summed E-state index contributed by atoms with van der Waals surface area (Å²) in [5, 5.41) is 9.80. The molecule has 0 saturated carbocycles. The quantitative estimate of drug-likeness (QED) is 0.145. The fraction of sp³-hybridized carbons (Fsp3) is 0. The van der Waals surface area contributed by atoms with Crippen molar-refractivity contribution in [2.75, 3.05) is 0 Å². The van der Waals surface area contributed by atoms with E-state index in [2.05, 4.69) is 3.33 Å². The van der Waals surface area contributed by atoms with Gasteiger partial charge in [-0.25, -0.2) is 0 Å². The number of hydrogen-bond donors (Lipinski definition) is 0. The van der Waals surface area contributed by atoms with Crippen LogP contribution in [0.25, 0.3) is 10.4 Å². The van der Waals surface area contributed by atoms with E-state index in [1.807, 2.05) is 17.6 Å². The predicted molar refractivity (Wildman–Crippen MR) is 46.0 cm³/mol. The molecule has 6 nitrogen and oxygen atoms in total. The molecule has 0 aliphatic heterocycles. The van der Waals surface area contributed by atoms with Crippen molar-refractivity contribution in [1.29, 1.82) is 0 Å². The van der Waals surface area contributed by atoms with Gasteiger partial charge in [-0.15, -0.1) is 0 Å². The Balaban J connectivity index is 4.95. The second-order valence-electron chi connectivity index (χ2n) is 0.998. The van der Waals surface area contributed by atoms with Crippen LogP contribution in [0.2, 0.25) is 0 Å². The van der Waals surface area contributed by atoms with Gasteiger partial charge in [-0.1, -0.05) is 0 Å². The third kappa shape index (κ3) is 2.40. The normalized spacial score (nSPS) is 14.5. The molecule has 0 aromatic rings. The summed E-state index contributed by atoms with van der Waals surface area (Å²) in [6.07, 6.45) is 0. The first-order chi connectivity index (χ1) is 4.28. The Kier molecular flexibility index (Phi) is 2.68. The molecule has 0 heterocycles. The minimum atomic E-state index is -6.11. The average Bonchev–Trinajstić information content (AvgIpc) is 1.62. The molecule has 10 heavy (non-hydrogen) atoms. The summed E-state index contributed by atoms with van der Waals surface area (Å²) in [5.41, 5.74) is 7.66. The maximum absolute atomic E-state index is 12.6. The zero-order valence-corrected chi connectivity index (χ0v) is 8.62.